The van der Waals surface area contributed by atoms with Gasteiger partial charge in [-0.25, -0.2) is 0 Å². The van der Waals surface area contributed by atoms with Gasteiger partial charge in [0.1, 0.15) is 17.0 Å². The molecular weight excluding hydrogens is 368 g/mol. The van der Waals surface area contributed by atoms with Crippen molar-refractivity contribution in [3.63, 3.8) is 0 Å². The maximum Gasteiger partial charge on any atom is 0.291 e. The third-order valence-electron chi connectivity index (χ3n) is 4.63. The first kappa shape index (κ1) is 20.5. The highest BCUT2D eigenvalue weighted by molar-refractivity contribution is 6.14. The number of para-hydroxylation sites is 1. The highest BCUT2D eigenvalue weighted by atomic mass is 16.5. The van der Waals surface area contributed by atoms with Gasteiger partial charge in [-0.2, -0.15) is 0 Å². The maximum atomic E-state index is 13.2. The molecule has 0 radical (unpaired) electrons. The minimum Gasteiger partial charge on any atom is -0.497 e. The SMILES string of the molecule is CCCN(CCC)C(=O)c1oc2ccccc2c1NC(=O)c1cccc(OC)c1. The third-order valence-corrected chi connectivity index (χ3v) is 4.63. The lowest BCUT2D eigenvalue weighted by Gasteiger charge is -2.20. The van der Waals surface area contributed by atoms with Crippen molar-refractivity contribution < 1.29 is 18.7 Å². The number of methoxy groups -OCH3 is 1. The Kier molecular flexibility index (Phi) is 6.54. The normalized spacial score (nSPS) is 10.7. The van der Waals surface area contributed by atoms with Crippen LogP contribution < -0.4 is 10.1 Å². The minimum atomic E-state index is -0.331. The van der Waals surface area contributed by atoms with E-state index in [1.54, 1.807) is 42.3 Å². The summed E-state index contributed by atoms with van der Waals surface area (Å²) in [5, 5.41) is 3.58. The quantitative estimate of drug-likeness (QED) is 0.586. The fourth-order valence-electron chi connectivity index (χ4n) is 3.27. The highest BCUT2D eigenvalue weighted by Crippen LogP contribution is 2.32. The van der Waals surface area contributed by atoms with Crippen molar-refractivity contribution >= 4 is 28.5 Å². The van der Waals surface area contributed by atoms with Crippen molar-refractivity contribution in [2.45, 2.75) is 26.7 Å². The fraction of sp³-hybridized carbons (Fsp3) is 0.304. The van der Waals surface area contributed by atoms with E-state index in [0.717, 1.165) is 12.8 Å². The standard InChI is InChI=1S/C23H26N2O4/c1-4-13-25(14-5-2)23(27)21-20(18-11-6-7-12-19(18)29-21)24-22(26)16-9-8-10-17(15-16)28-3/h6-12,15H,4-5,13-14H2,1-3H3,(H,24,26). The molecule has 3 aromatic rings. The Balaban J connectivity index is 2.00. The number of hydrogen-bond acceptors (Lipinski definition) is 4. The number of nitrogens with zero attached hydrogens (tertiary/aromatic N) is 1. The van der Waals surface area contributed by atoms with E-state index in [1.165, 1.54) is 0 Å². The molecule has 3 rings (SSSR count). The minimum absolute atomic E-state index is 0.157. The number of hydrogen-bond donors (Lipinski definition) is 1. The molecule has 0 aliphatic carbocycles. The molecule has 0 fully saturated rings. The van der Waals surface area contributed by atoms with Gasteiger partial charge in [-0.15, -0.1) is 0 Å². The van der Waals surface area contributed by atoms with Crippen molar-refractivity contribution in [3.05, 3.63) is 59.9 Å². The molecule has 0 bridgehead atoms. The van der Waals surface area contributed by atoms with Crippen LogP contribution in [0.4, 0.5) is 5.69 Å². The summed E-state index contributed by atoms with van der Waals surface area (Å²) in [4.78, 5) is 27.8. The van der Waals surface area contributed by atoms with Crippen LogP contribution >= 0.6 is 0 Å². The summed E-state index contributed by atoms with van der Waals surface area (Å²) in [7, 11) is 1.55. The van der Waals surface area contributed by atoms with Crippen molar-refractivity contribution in [1.82, 2.24) is 4.90 Å². The Morgan fingerprint density at radius 1 is 1.03 bits per heavy atom. The van der Waals surface area contributed by atoms with Crippen LogP contribution in [-0.4, -0.2) is 36.9 Å². The van der Waals surface area contributed by atoms with Crippen molar-refractivity contribution in [2.75, 3.05) is 25.5 Å². The Morgan fingerprint density at radius 2 is 1.76 bits per heavy atom. The summed E-state index contributed by atoms with van der Waals surface area (Å²) in [6.07, 6.45) is 1.69. The topological polar surface area (TPSA) is 71.8 Å². The first-order chi connectivity index (χ1) is 14.1. The van der Waals surface area contributed by atoms with Crippen LogP contribution in [0.1, 0.15) is 47.6 Å². The van der Waals surface area contributed by atoms with Gasteiger partial charge in [0.2, 0.25) is 5.76 Å². The van der Waals surface area contributed by atoms with Crippen molar-refractivity contribution in [1.29, 1.82) is 0 Å². The zero-order chi connectivity index (χ0) is 20.8. The van der Waals surface area contributed by atoms with E-state index >= 15 is 0 Å². The highest BCUT2D eigenvalue weighted by Gasteiger charge is 2.26. The summed E-state index contributed by atoms with van der Waals surface area (Å²) in [6, 6.07) is 14.2. The molecule has 0 saturated heterocycles. The van der Waals surface area contributed by atoms with E-state index in [4.69, 9.17) is 9.15 Å². The number of nitrogens with one attached hydrogen (secondary N) is 1. The predicted molar refractivity (Wildman–Crippen MR) is 114 cm³/mol. The molecule has 0 atom stereocenters. The molecule has 0 saturated carbocycles. The molecule has 0 spiro atoms. The average Bonchev–Trinajstić information content (AvgIpc) is 3.11. The number of carbonyl (C=O) groups excluding carboxylic acids is 2. The lowest BCUT2D eigenvalue weighted by molar-refractivity contribution is 0.0727. The van der Waals surface area contributed by atoms with Gasteiger partial charge >= 0.3 is 0 Å². The Bertz CT molecular complexity index is 1000. The number of fused-ring (bicyclic) bond motifs is 1. The number of rotatable bonds is 8. The summed E-state index contributed by atoms with van der Waals surface area (Å²) < 4.78 is 11.1. The molecule has 29 heavy (non-hydrogen) atoms. The van der Waals surface area contributed by atoms with Gasteiger partial charge in [0.15, 0.2) is 0 Å². The number of ether oxygens (including phenoxy) is 1. The zero-order valence-electron chi connectivity index (χ0n) is 17.0. The van der Waals surface area contributed by atoms with Gasteiger partial charge in [-0.3, -0.25) is 9.59 Å². The van der Waals surface area contributed by atoms with Crippen LogP contribution in [0.15, 0.2) is 52.9 Å². The molecule has 1 heterocycles. The molecule has 2 aromatic carbocycles. The van der Waals surface area contributed by atoms with Crippen LogP contribution in [0.5, 0.6) is 5.75 Å². The Labute approximate surface area is 170 Å². The number of carbonyl (C=O) groups is 2. The first-order valence-corrected chi connectivity index (χ1v) is 9.85. The third kappa shape index (κ3) is 4.42. The van der Waals surface area contributed by atoms with E-state index in [-0.39, 0.29) is 17.6 Å². The van der Waals surface area contributed by atoms with Gasteiger partial charge in [-0.1, -0.05) is 32.0 Å². The van der Waals surface area contributed by atoms with Crippen LogP contribution in [-0.2, 0) is 0 Å². The Morgan fingerprint density at radius 3 is 2.45 bits per heavy atom. The van der Waals surface area contributed by atoms with E-state index in [0.29, 0.717) is 41.1 Å². The molecule has 152 valence electrons. The molecular formula is C23H26N2O4. The largest absolute Gasteiger partial charge is 0.497 e. The Hall–Kier alpha value is -3.28. The summed E-state index contributed by atoms with van der Waals surface area (Å²) in [6.45, 7) is 5.32. The molecule has 0 aliphatic rings. The van der Waals surface area contributed by atoms with Gasteiger partial charge in [0.05, 0.1) is 7.11 Å². The second kappa shape index (κ2) is 9.28. The molecule has 1 aromatic heterocycles. The van der Waals surface area contributed by atoms with Gasteiger partial charge < -0.3 is 19.4 Å². The molecule has 0 unspecified atom stereocenters. The van der Waals surface area contributed by atoms with Crippen LogP contribution in [0.25, 0.3) is 11.0 Å². The smallest absolute Gasteiger partial charge is 0.291 e. The zero-order valence-corrected chi connectivity index (χ0v) is 17.0. The second-order valence-corrected chi connectivity index (χ2v) is 6.78. The number of benzene rings is 2. The number of amides is 2. The summed E-state index contributed by atoms with van der Waals surface area (Å²) in [5.41, 5.74) is 1.40. The molecule has 6 nitrogen and oxygen atoms in total. The lowest BCUT2D eigenvalue weighted by atomic mass is 10.1. The van der Waals surface area contributed by atoms with Gasteiger partial charge in [-0.05, 0) is 43.2 Å². The predicted octanol–water partition coefficient (Wildman–Crippen LogP) is 4.96. The lowest BCUT2D eigenvalue weighted by Crippen LogP contribution is -2.32. The molecule has 6 heteroatoms. The number of furan rings is 1. The molecule has 1 N–H and O–H groups in total. The van der Waals surface area contributed by atoms with Crippen LogP contribution in [0, 0.1) is 0 Å². The van der Waals surface area contributed by atoms with Gasteiger partial charge in [0.25, 0.3) is 11.8 Å². The average molecular weight is 394 g/mol. The van der Waals surface area contributed by atoms with E-state index in [9.17, 15) is 9.59 Å². The van der Waals surface area contributed by atoms with E-state index < -0.39 is 0 Å². The van der Waals surface area contributed by atoms with Crippen molar-refractivity contribution in [2.24, 2.45) is 0 Å². The monoisotopic (exact) mass is 394 g/mol. The van der Waals surface area contributed by atoms with Gasteiger partial charge in [0, 0.05) is 24.0 Å². The fourth-order valence-corrected chi connectivity index (χ4v) is 3.27. The molecule has 0 aliphatic heterocycles. The molecule has 2 amide bonds. The van der Waals surface area contributed by atoms with Crippen LogP contribution in [0.2, 0.25) is 0 Å². The maximum absolute atomic E-state index is 13.2. The van der Waals surface area contributed by atoms with Crippen molar-refractivity contribution in [3.8, 4) is 5.75 Å². The number of anilines is 1. The first-order valence-electron chi connectivity index (χ1n) is 9.85. The van der Waals surface area contributed by atoms with Crippen LogP contribution in [0.3, 0.4) is 0 Å². The summed E-state index contributed by atoms with van der Waals surface area (Å²) >= 11 is 0. The van der Waals surface area contributed by atoms with E-state index in [1.807, 2.05) is 32.0 Å². The second-order valence-electron chi connectivity index (χ2n) is 6.78. The van der Waals surface area contributed by atoms with E-state index in [2.05, 4.69) is 5.32 Å². The summed E-state index contributed by atoms with van der Waals surface area (Å²) in [5.74, 6) is 0.195.